The van der Waals surface area contributed by atoms with Crippen molar-refractivity contribution in [3.63, 3.8) is 0 Å². The second-order valence-corrected chi connectivity index (χ2v) is 5.76. The van der Waals surface area contributed by atoms with Gasteiger partial charge in [0.25, 0.3) is 0 Å². The van der Waals surface area contributed by atoms with E-state index in [0.29, 0.717) is 17.9 Å². The number of carbonyl (C=O) groups is 2. The van der Waals surface area contributed by atoms with Crippen LogP contribution in [0.3, 0.4) is 0 Å². The fourth-order valence-corrected chi connectivity index (χ4v) is 2.69. The molecule has 3 amide bonds. The van der Waals surface area contributed by atoms with Crippen LogP contribution in [0.5, 0.6) is 0 Å². The maximum absolute atomic E-state index is 12.6. The summed E-state index contributed by atoms with van der Waals surface area (Å²) in [6.07, 6.45) is 0.845. The highest BCUT2D eigenvalue weighted by molar-refractivity contribution is 5.96. The van der Waals surface area contributed by atoms with E-state index in [1.165, 1.54) is 0 Å². The lowest BCUT2D eigenvalue weighted by molar-refractivity contribution is -0.126. The average Bonchev–Trinajstić information content (AvgIpc) is 2.91. The summed E-state index contributed by atoms with van der Waals surface area (Å²) >= 11 is 0. The van der Waals surface area contributed by atoms with Crippen molar-refractivity contribution in [1.82, 2.24) is 5.32 Å². The zero-order valence-corrected chi connectivity index (χ0v) is 12.4. The molecule has 1 unspecified atom stereocenters. The molecule has 21 heavy (non-hydrogen) atoms. The van der Waals surface area contributed by atoms with Crippen molar-refractivity contribution >= 4 is 23.3 Å². The highest BCUT2D eigenvalue weighted by Crippen LogP contribution is 2.35. The summed E-state index contributed by atoms with van der Waals surface area (Å²) < 4.78 is 0. The molecule has 0 aliphatic carbocycles. The number of hydrogen-bond donors (Lipinski definition) is 4. The summed E-state index contributed by atoms with van der Waals surface area (Å²) in [4.78, 5) is 23.4. The summed E-state index contributed by atoms with van der Waals surface area (Å²) in [6.45, 7) is 5.73. The fraction of sp³-hybridized carbons (Fsp3) is 0.467. The summed E-state index contributed by atoms with van der Waals surface area (Å²) in [7, 11) is 0. The third-order valence-electron chi connectivity index (χ3n) is 4.16. The van der Waals surface area contributed by atoms with Crippen molar-refractivity contribution in [3.05, 3.63) is 24.3 Å². The fourth-order valence-electron chi connectivity index (χ4n) is 2.69. The zero-order valence-electron chi connectivity index (χ0n) is 12.4. The number of nitrogens with two attached hydrogens (primary N) is 1. The molecular weight excluding hydrogens is 268 g/mol. The summed E-state index contributed by atoms with van der Waals surface area (Å²) in [5, 5.41) is 8.72. The Labute approximate surface area is 124 Å². The van der Waals surface area contributed by atoms with Crippen molar-refractivity contribution in [2.24, 2.45) is 17.1 Å². The minimum absolute atomic E-state index is 0.0399. The molecule has 0 bridgehead atoms. The molecule has 2 rings (SSSR count). The van der Waals surface area contributed by atoms with E-state index in [4.69, 9.17) is 5.73 Å². The Hall–Kier alpha value is -2.08. The van der Waals surface area contributed by atoms with Gasteiger partial charge in [-0.2, -0.15) is 0 Å². The molecule has 0 aromatic heterocycles. The summed E-state index contributed by atoms with van der Waals surface area (Å²) in [6, 6.07) is 6.30. The first kappa shape index (κ1) is 15.3. The standard InChI is InChI=1S/C15H22N4O2/c1-10(2)15(7-8-17-9-15)13(20)18-11-3-5-12(6-4-11)19-14(16)21/h3-6,10,17H,7-9H2,1-2H3,(H,18,20)(H3,16,19,21). The Bertz CT molecular complexity index is 519. The van der Waals surface area contributed by atoms with Crippen molar-refractivity contribution in [2.75, 3.05) is 23.7 Å². The van der Waals surface area contributed by atoms with Crippen LogP contribution in [0.15, 0.2) is 24.3 Å². The number of nitrogens with one attached hydrogen (secondary N) is 3. The van der Waals surface area contributed by atoms with Crippen molar-refractivity contribution in [2.45, 2.75) is 20.3 Å². The molecule has 1 aliphatic rings. The van der Waals surface area contributed by atoms with E-state index in [2.05, 4.69) is 29.8 Å². The minimum atomic E-state index is -0.609. The molecule has 1 aromatic carbocycles. The Morgan fingerprint density at radius 1 is 1.19 bits per heavy atom. The Kier molecular flexibility index (Phi) is 4.47. The van der Waals surface area contributed by atoms with Crippen LogP contribution in [0.2, 0.25) is 0 Å². The Balaban J connectivity index is 2.07. The number of hydrogen-bond acceptors (Lipinski definition) is 3. The zero-order chi connectivity index (χ0) is 15.5. The Morgan fingerprint density at radius 3 is 2.19 bits per heavy atom. The van der Waals surface area contributed by atoms with E-state index < -0.39 is 6.03 Å². The van der Waals surface area contributed by atoms with Gasteiger partial charge < -0.3 is 21.7 Å². The van der Waals surface area contributed by atoms with Gasteiger partial charge >= 0.3 is 6.03 Å². The molecule has 1 atom stereocenters. The molecule has 1 fully saturated rings. The number of benzene rings is 1. The smallest absolute Gasteiger partial charge is 0.316 e. The van der Waals surface area contributed by atoms with Crippen LogP contribution in [-0.2, 0) is 4.79 Å². The quantitative estimate of drug-likeness (QED) is 0.680. The highest BCUT2D eigenvalue weighted by Gasteiger charge is 2.43. The van der Waals surface area contributed by atoms with E-state index in [1.54, 1.807) is 24.3 Å². The van der Waals surface area contributed by atoms with Crippen molar-refractivity contribution in [1.29, 1.82) is 0 Å². The number of rotatable bonds is 4. The molecule has 0 saturated carbocycles. The van der Waals surface area contributed by atoms with Crippen LogP contribution in [0.1, 0.15) is 20.3 Å². The maximum atomic E-state index is 12.6. The van der Waals surface area contributed by atoms with E-state index >= 15 is 0 Å². The molecule has 114 valence electrons. The SMILES string of the molecule is CC(C)C1(C(=O)Nc2ccc(NC(N)=O)cc2)CCNC1. The molecule has 0 spiro atoms. The highest BCUT2D eigenvalue weighted by atomic mass is 16.2. The Morgan fingerprint density at radius 2 is 1.76 bits per heavy atom. The number of primary amides is 1. The first-order valence-corrected chi connectivity index (χ1v) is 7.13. The third-order valence-corrected chi connectivity index (χ3v) is 4.16. The maximum Gasteiger partial charge on any atom is 0.316 e. The monoisotopic (exact) mass is 290 g/mol. The molecule has 6 nitrogen and oxygen atoms in total. The van der Waals surface area contributed by atoms with Crippen molar-refractivity contribution < 1.29 is 9.59 Å². The topological polar surface area (TPSA) is 96.2 Å². The molecule has 6 heteroatoms. The van der Waals surface area contributed by atoms with E-state index in [-0.39, 0.29) is 17.2 Å². The second-order valence-electron chi connectivity index (χ2n) is 5.76. The number of amides is 3. The molecule has 0 radical (unpaired) electrons. The first-order chi connectivity index (χ1) is 9.94. The normalized spacial score (nSPS) is 21.3. The van der Waals surface area contributed by atoms with Crippen molar-refractivity contribution in [3.8, 4) is 0 Å². The predicted octanol–water partition coefficient (Wildman–Crippen LogP) is 1.75. The summed E-state index contributed by atoms with van der Waals surface area (Å²) in [5.74, 6) is 0.307. The molecule has 5 N–H and O–H groups in total. The van der Waals surface area contributed by atoms with Gasteiger partial charge in [0.05, 0.1) is 5.41 Å². The van der Waals surface area contributed by atoms with Gasteiger partial charge in [-0.25, -0.2) is 4.79 Å². The van der Waals surface area contributed by atoms with E-state index in [0.717, 1.165) is 13.0 Å². The van der Waals surface area contributed by atoms with Gasteiger partial charge in [0, 0.05) is 17.9 Å². The summed E-state index contributed by atoms with van der Waals surface area (Å²) in [5.41, 5.74) is 6.00. The van der Waals surface area contributed by atoms with Gasteiger partial charge in [-0.05, 0) is 43.1 Å². The van der Waals surface area contributed by atoms with Gasteiger partial charge in [0.1, 0.15) is 0 Å². The van der Waals surface area contributed by atoms with Gasteiger partial charge in [-0.15, -0.1) is 0 Å². The number of carbonyl (C=O) groups excluding carboxylic acids is 2. The van der Waals surface area contributed by atoms with Gasteiger partial charge in [0.2, 0.25) is 5.91 Å². The minimum Gasteiger partial charge on any atom is -0.351 e. The lowest BCUT2D eigenvalue weighted by Crippen LogP contribution is -2.42. The largest absolute Gasteiger partial charge is 0.351 e. The van der Waals surface area contributed by atoms with Gasteiger partial charge in [0.15, 0.2) is 0 Å². The van der Waals surface area contributed by atoms with Crippen LogP contribution in [0, 0.1) is 11.3 Å². The molecule has 1 heterocycles. The number of anilines is 2. The lowest BCUT2D eigenvalue weighted by atomic mass is 9.75. The molecular formula is C15H22N4O2. The van der Waals surface area contributed by atoms with Crippen LogP contribution >= 0.6 is 0 Å². The van der Waals surface area contributed by atoms with Gasteiger partial charge in [-0.1, -0.05) is 13.8 Å². The van der Waals surface area contributed by atoms with Crippen LogP contribution in [-0.4, -0.2) is 25.0 Å². The molecule has 1 saturated heterocycles. The molecule has 1 aliphatic heterocycles. The second kappa shape index (κ2) is 6.13. The number of urea groups is 1. The van der Waals surface area contributed by atoms with E-state index in [9.17, 15) is 9.59 Å². The average molecular weight is 290 g/mol. The van der Waals surface area contributed by atoms with Crippen LogP contribution < -0.4 is 21.7 Å². The predicted molar refractivity (Wildman–Crippen MR) is 83.0 cm³/mol. The molecule has 1 aromatic rings. The van der Waals surface area contributed by atoms with Crippen LogP contribution in [0.4, 0.5) is 16.2 Å². The van der Waals surface area contributed by atoms with Gasteiger partial charge in [-0.3, -0.25) is 4.79 Å². The third kappa shape index (κ3) is 3.33. The van der Waals surface area contributed by atoms with Crippen LogP contribution in [0.25, 0.3) is 0 Å². The lowest BCUT2D eigenvalue weighted by Gasteiger charge is -2.31. The first-order valence-electron chi connectivity index (χ1n) is 7.13. The van der Waals surface area contributed by atoms with E-state index in [1.807, 2.05) is 0 Å².